The van der Waals surface area contributed by atoms with E-state index in [4.69, 9.17) is 16.4 Å². The Hall–Kier alpha value is -3.16. The van der Waals surface area contributed by atoms with E-state index >= 15 is 0 Å². The number of nitriles is 1. The summed E-state index contributed by atoms with van der Waals surface area (Å²) in [6.07, 6.45) is 0. The molecule has 0 heterocycles. The largest absolute Gasteiger partial charge is 0.382 e. The Balaban J connectivity index is 3.44. The maximum atomic E-state index is 13.5. The number of amidine groups is 1. The van der Waals surface area contributed by atoms with Crippen molar-refractivity contribution in [2.24, 2.45) is 16.6 Å². The van der Waals surface area contributed by atoms with Crippen molar-refractivity contribution in [2.45, 2.75) is 0 Å². The van der Waals surface area contributed by atoms with Crippen LogP contribution in [0.15, 0.2) is 5.10 Å². The smallest absolute Gasteiger partial charge is 0.254 e. The first-order valence-electron chi connectivity index (χ1n) is 4.96. The highest BCUT2D eigenvalue weighted by Crippen LogP contribution is 2.27. The minimum Gasteiger partial charge on any atom is -0.382 e. The molecule has 1 aromatic rings. The van der Waals surface area contributed by atoms with E-state index in [2.05, 4.69) is 10.8 Å². The lowest BCUT2D eigenvalue weighted by atomic mass is 10.1. The summed E-state index contributed by atoms with van der Waals surface area (Å²) in [5.74, 6) is -10.6. The number of halogens is 4. The fourth-order valence-electron chi connectivity index (χ4n) is 1.20. The van der Waals surface area contributed by atoms with Crippen LogP contribution in [0.3, 0.4) is 0 Å². The maximum Gasteiger partial charge on any atom is 0.254 e. The molecule has 0 saturated heterocycles. The van der Waals surface area contributed by atoms with Gasteiger partial charge in [0.2, 0.25) is 5.71 Å². The van der Waals surface area contributed by atoms with Gasteiger partial charge in [-0.25, -0.2) is 17.6 Å². The summed E-state index contributed by atoms with van der Waals surface area (Å²) in [6.45, 7) is 0. The molecular formula is C10H6F4N6O. The van der Waals surface area contributed by atoms with Crippen LogP contribution >= 0.6 is 0 Å². The molecule has 0 fully saturated rings. The molecule has 0 unspecified atom stereocenters. The first kappa shape index (κ1) is 15.9. The quantitative estimate of drug-likeness (QED) is 0.212. The lowest BCUT2D eigenvalue weighted by Crippen LogP contribution is -2.23. The van der Waals surface area contributed by atoms with Crippen molar-refractivity contribution in [3.8, 4) is 6.07 Å². The van der Waals surface area contributed by atoms with Crippen LogP contribution in [-0.2, 0) is 0 Å². The van der Waals surface area contributed by atoms with E-state index in [1.807, 2.05) is 0 Å². The zero-order valence-corrected chi connectivity index (χ0v) is 9.97. The van der Waals surface area contributed by atoms with Gasteiger partial charge in [-0.2, -0.15) is 10.4 Å². The van der Waals surface area contributed by atoms with E-state index in [0.717, 1.165) is 0 Å². The molecule has 0 aliphatic heterocycles. The maximum absolute atomic E-state index is 13.5. The van der Waals surface area contributed by atoms with Crippen LogP contribution in [0.5, 0.6) is 0 Å². The molecule has 0 aliphatic carbocycles. The third-order valence-electron chi connectivity index (χ3n) is 2.15. The van der Waals surface area contributed by atoms with Gasteiger partial charge in [-0.1, -0.05) is 0 Å². The van der Waals surface area contributed by atoms with Crippen molar-refractivity contribution in [1.29, 1.82) is 10.7 Å². The number of nitrogens with zero attached hydrogens (tertiary/aromatic N) is 2. The molecule has 1 aromatic carbocycles. The number of carbonyl (C=O) groups is 1. The topological polar surface area (TPSA) is 141 Å². The zero-order valence-electron chi connectivity index (χ0n) is 9.97. The SMILES string of the molecule is N#C/C(=N\Nc1c(F)c(F)c(C(N)=O)c(F)c1F)C(=N)N. The summed E-state index contributed by atoms with van der Waals surface area (Å²) in [5, 5.41) is 18.4. The minimum absolute atomic E-state index is 0.784. The predicted octanol–water partition coefficient (Wildman–Crippen LogP) is 0.569. The van der Waals surface area contributed by atoms with Crippen LogP contribution in [0.25, 0.3) is 0 Å². The van der Waals surface area contributed by atoms with Crippen molar-refractivity contribution in [1.82, 2.24) is 0 Å². The highest BCUT2D eigenvalue weighted by molar-refractivity contribution is 6.45. The Kier molecular flexibility index (Phi) is 4.44. The van der Waals surface area contributed by atoms with E-state index < -0.39 is 52.0 Å². The Labute approximate surface area is 114 Å². The highest BCUT2D eigenvalue weighted by Gasteiger charge is 2.28. The molecule has 0 aliphatic rings. The molecule has 6 N–H and O–H groups in total. The molecular weight excluding hydrogens is 296 g/mol. The molecule has 0 radical (unpaired) electrons. The van der Waals surface area contributed by atoms with E-state index in [-0.39, 0.29) is 0 Å². The average molecular weight is 302 g/mol. The van der Waals surface area contributed by atoms with Crippen LogP contribution < -0.4 is 16.9 Å². The van der Waals surface area contributed by atoms with Crippen LogP contribution in [-0.4, -0.2) is 17.5 Å². The van der Waals surface area contributed by atoms with Crippen molar-refractivity contribution in [3.63, 3.8) is 0 Å². The first-order valence-corrected chi connectivity index (χ1v) is 4.96. The van der Waals surface area contributed by atoms with E-state index in [0.29, 0.717) is 0 Å². The number of hydrogen-bond acceptors (Lipinski definition) is 5. The van der Waals surface area contributed by atoms with Crippen LogP contribution in [0.2, 0.25) is 0 Å². The number of carbonyl (C=O) groups excluding carboxylic acids is 1. The van der Waals surface area contributed by atoms with E-state index in [9.17, 15) is 22.4 Å². The van der Waals surface area contributed by atoms with Gasteiger partial charge in [0.15, 0.2) is 29.1 Å². The van der Waals surface area contributed by atoms with Crippen molar-refractivity contribution in [3.05, 3.63) is 28.8 Å². The van der Waals surface area contributed by atoms with Gasteiger partial charge in [-0.15, -0.1) is 0 Å². The highest BCUT2D eigenvalue weighted by atomic mass is 19.2. The van der Waals surface area contributed by atoms with Gasteiger partial charge in [0.25, 0.3) is 5.91 Å². The number of hydrazone groups is 1. The van der Waals surface area contributed by atoms with Crippen molar-refractivity contribution < 1.29 is 22.4 Å². The summed E-state index contributed by atoms with van der Waals surface area (Å²) in [6, 6.07) is 1.30. The van der Waals surface area contributed by atoms with Gasteiger partial charge in [0, 0.05) is 0 Å². The van der Waals surface area contributed by atoms with Crippen LogP contribution in [0, 0.1) is 40.0 Å². The molecule has 0 spiro atoms. The Morgan fingerprint density at radius 2 is 1.62 bits per heavy atom. The van der Waals surface area contributed by atoms with Crippen LogP contribution in [0.1, 0.15) is 10.4 Å². The molecule has 0 bridgehead atoms. The van der Waals surface area contributed by atoms with Crippen molar-refractivity contribution >= 4 is 23.1 Å². The molecule has 0 saturated carbocycles. The summed E-state index contributed by atoms with van der Waals surface area (Å²) in [5.41, 5.74) is 7.24. The number of nitrogens with two attached hydrogens (primary N) is 2. The summed E-state index contributed by atoms with van der Waals surface area (Å²) in [4.78, 5) is 10.7. The molecule has 110 valence electrons. The Morgan fingerprint density at radius 3 is 1.95 bits per heavy atom. The molecule has 0 atom stereocenters. The monoisotopic (exact) mass is 302 g/mol. The summed E-state index contributed by atoms with van der Waals surface area (Å²) >= 11 is 0. The van der Waals surface area contributed by atoms with Gasteiger partial charge in [-0.05, 0) is 0 Å². The van der Waals surface area contributed by atoms with E-state index in [1.165, 1.54) is 11.5 Å². The normalized spacial score (nSPS) is 10.9. The fraction of sp³-hybridized carbons (Fsp3) is 0. The number of benzene rings is 1. The average Bonchev–Trinajstić information content (AvgIpc) is 2.40. The number of anilines is 1. The second-order valence-electron chi connectivity index (χ2n) is 3.47. The first-order chi connectivity index (χ1) is 9.72. The molecule has 21 heavy (non-hydrogen) atoms. The predicted molar refractivity (Wildman–Crippen MR) is 63.4 cm³/mol. The second-order valence-corrected chi connectivity index (χ2v) is 3.47. The summed E-state index contributed by atoms with van der Waals surface area (Å²) in [7, 11) is 0. The molecule has 11 heteroatoms. The number of amides is 1. The van der Waals surface area contributed by atoms with Gasteiger partial charge in [0.05, 0.1) is 0 Å². The van der Waals surface area contributed by atoms with Crippen molar-refractivity contribution in [2.75, 3.05) is 5.43 Å². The fourth-order valence-corrected chi connectivity index (χ4v) is 1.20. The van der Waals surface area contributed by atoms with Gasteiger partial charge in [-0.3, -0.25) is 15.6 Å². The number of primary amides is 1. The van der Waals surface area contributed by atoms with Crippen LogP contribution in [0.4, 0.5) is 23.2 Å². The molecule has 0 aromatic heterocycles. The molecule has 1 amide bonds. The third-order valence-corrected chi connectivity index (χ3v) is 2.15. The Morgan fingerprint density at radius 1 is 1.14 bits per heavy atom. The third kappa shape index (κ3) is 2.89. The molecule has 7 nitrogen and oxygen atoms in total. The number of nitrogens with one attached hydrogen (secondary N) is 2. The minimum atomic E-state index is -2.03. The Bertz CT molecular complexity index is 679. The van der Waals surface area contributed by atoms with E-state index in [1.54, 1.807) is 0 Å². The lowest BCUT2D eigenvalue weighted by Gasteiger charge is -2.09. The standard InChI is InChI=1S/C10H6F4N6O/c11-4-3(10(18)21)5(12)7(14)8(6(4)13)20-19-2(1-15)9(16)17/h20H,(H3,16,17)(H2,18,21)/b19-2+. The zero-order chi connectivity index (χ0) is 16.3. The number of rotatable bonds is 4. The van der Waals surface area contributed by atoms with Gasteiger partial charge in [0.1, 0.15) is 17.3 Å². The number of hydrogen-bond donors (Lipinski definition) is 4. The lowest BCUT2D eigenvalue weighted by molar-refractivity contribution is 0.0990. The van der Waals surface area contributed by atoms with Gasteiger partial charge < -0.3 is 11.5 Å². The van der Waals surface area contributed by atoms with Gasteiger partial charge >= 0.3 is 0 Å². The summed E-state index contributed by atoms with van der Waals surface area (Å²) < 4.78 is 53.9. The molecule has 1 rings (SSSR count). The second kappa shape index (κ2) is 5.87.